The Morgan fingerprint density at radius 3 is 1.67 bits per heavy atom. The zero-order valence-corrected chi connectivity index (χ0v) is 50.7. The molecule has 5 heteroatoms. The van der Waals surface area contributed by atoms with Crippen molar-refractivity contribution in [3.63, 3.8) is 0 Å². The third-order valence-electron chi connectivity index (χ3n) is 25.0. The van der Waals surface area contributed by atoms with Gasteiger partial charge in [0.05, 0.1) is 16.0 Å². The lowest BCUT2D eigenvalue weighted by molar-refractivity contribution is -0.0501. The van der Waals surface area contributed by atoms with Gasteiger partial charge in [0.2, 0.25) is 14.2 Å². The molecule has 0 aliphatic heterocycles. The van der Waals surface area contributed by atoms with Crippen LogP contribution in [0.15, 0.2) is 76.7 Å². The summed E-state index contributed by atoms with van der Waals surface area (Å²) < 4.78 is 28.1. The number of fused-ring (bicyclic) bond motifs is 11. The molecule has 0 N–H and O–H groups in total. The number of benzene rings is 1. The van der Waals surface area contributed by atoms with Crippen LogP contribution in [0, 0.1) is 105 Å². The van der Waals surface area contributed by atoms with E-state index in [4.69, 9.17) is 0 Å². The fourth-order valence-corrected chi connectivity index (χ4v) is 23.6. The van der Waals surface area contributed by atoms with Crippen molar-refractivity contribution >= 4 is 31.4 Å². The number of para-hydroxylation sites is 1. The first-order chi connectivity index (χ1) is 36.0. The molecular formula is C70H107NO2S2. The molecule has 8 saturated carbocycles. The van der Waals surface area contributed by atoms with Crippen molar-refractivity contribution in [2.75, 3.05) is 5.75 Å². The molecule has 12 rings (SSSR count). The molecule has 3 nitrogen and oxygen atoms in total. The molecule has 0 saturated heterocycles. The molecule has 75 heavy (non-hydrogen) atoms. The average Bonchev–Trinajstić information content (AvgIpc) is 3.96. The predicted molar refractivity (Wildman–Crippen MR) is 320 cm³/mol. The van der Waals surface area contributed by atoms with Gasteiger partial charge in [-0.3, -0.25) is 0 Å². The molecule has 10 aliphatic rings. The van der Waals surface area contributed by atoms with Gasteiger partial charge < -0.3 is 0 Å². The number of rotatable bonds is 8. The van der Waals surface area contributed by atoms with E-state index in [9.17, 15) is 8.42 Å². The Morgan fingerprint density at radius 2 is 1.13 bits per heavy atom. The van der Waals surface area contributed by atoms with Gasteiger partial charge in [-0.05, 0) is 245 Å². The average molecular weight is 1060 g/mol. The Morgan fingerprint density at radius 1 is 0.627 bits per heavy atom. The van der Waals surface area contributed by atoms with Gasteiger partial charge in [-0.2, -0.15) is 0 Å². The van der Waals surface area contributed by atoms with E-state index in [2.05, 4.69) is 97.3 Å². The molecule has 0 spiro atoms. The van der Waals surface area contributed by atoms with E-state index >= 15 is 0 Å². The number of hydrogen-bond donors (Lipinski definition) is 0. The molecule has 416 valence electrons. The molecule has 8 fully saturated rings. The lowest BCUT2D eigenvalue weighted by Crippen LogP contribution is -2.50. The van der Waals surface area contributed by atoms with Crippen LogP contribution in [-0.2, 0) is 9.84 Å². The molecular weight excluding hydrogens is 951 g/mol. The first-order valence-electron chi connectivity index (χ1n) is 32.2. The lowest BCUT2D eigenvalue weighted by atomic mass is 9.46. The molecule has 0 unspecified atom stereocenters. The Labute approximate surface area is 464 Å². The van der Waals surface area contributed by atoms with Crippen LogP contribution in [0.4, 0.5) is 0 Å². The molecule has 16 atom stereocenters. The van der Waals surface area contributed by atoms with Crippen molar-refractivity contribution in [3.8, 4) is 0 Å². The highest BCUT2D eigenvalue weighted by Crippen LogP contribution is 2.69. The molecule has 0 radical (unpaired) electrons. The first kappa shape index (κ1) is 56.3. The zero-order valence-electron chi connectivity index (χ0n) is 49.1. The van der Waals surface area contributed by atoms with Gasteiger partial charge in [-0.25, -0.2) is 13.4 Å². The molecule has 2 aromatic rings. The SMILES string of the molecule is C=CC1CCCCCC1.C[C@H]1CC[C@@]2(C)C(=CC[C@H]3[C@@H]4CC[C@H]([C@H](C)/C=C/C5CCCCCC5)[C@@]4(C)CC[C@@H]32)C1.C[C@H]1CC[C@@]2(C)C(=CC[C@H]3[C@@H]4CC[C@H]([C@H](C)CS(=O)(=O)c5nc6ccccc6s5)[C@@]4(C)CC[C@@H]32)C1. The molecule has 0 bridgehead atoms. The fourth-order valence-electron chi connectivity index (χ4n) is 20.6. The van der Waals surface area contributed by atoms with E-state index in [-0.39, 0.29) is 17.1 Å². The highest BCUT2D eigenvalue weighted by Gasteiger charge is 2.61. The molecule has 1 heterocycles. The number of sulfone groups is 1. The van der Waals surface area contributed by atoms with Gasteiger partial charge in [0, 0.05) is 0 Å². The summed E-state index contributed by atoms with van der Waals surface area (Å²) in [6.45, 7) is 24.0. The number of aromatic nitrogens is 1. The highest BCUT2D eigenvalue weighted by molar-refractivity contribution is 7.93. The van der Waals surface area contributed by atoms with Crippen LogP contribution in [0.2, 0.25) is 0 Å². The molecule has 1 aromatic carbocycles. The minimum absolute atomic E-state index is 0.166. The van der Waals surface area contributed by atoms with Crippen molar-refractivity contribution in [3.05, 3.63) is 72.4 Å². The van der Waals surface area contributed by atoms with Gasteiger partial charge in [0.15, 0.2) is 0 Å². The highest BCUT2D eigenvalue weighted by atomic mass is 32.2. The second-order valence-electron chi connectivity index (χ2n) is 29.4. The first-order valence-corrected chi connectivity index (χ1v) is 34.7. The van der Waals surface area contributed by atoms with Crippen molar-refractivity contribution < 1.29 is 8.42 Å². The Hall–Kier alpha value is -1.98. The Bertz CT molecular complexity index is 2430. The number of allylic oxidation sites excluding steroid dienone is 7. The smallest absolute Gasteiger partial charge is 0.210 e. The van der Waals surface area contributed by atoms with Crippen LogP contribution in [0.5, 0.6) is 0 Å². The van der Waals surface area contributed by atoms with Gasteiger partial charge in [-0.15, -0.1) is 17.9 Å². The Balaban J connectivity index is 0.000000148. The van der Waals surface area contributed by atoms with Gasteiger partial charge >= 0.3 is 0 Å². The van der Waals surface area contributed by atoms with E-state index in [1.807, 2.05) is 29.8 Å². The van der Waals surface area contributed by atoms with E-state index in [1.165, 1.54) is 191 Å². The van der Waals surface area contributed by atoms with E-state index < -0.39 is 9.84 Å². The topological polar surface area (TPSA) is 47.0 Å². The normalized spacial score (nSPS) is 41.0. The predicted octanol–water partition coefficient (Wildman–Crippen LogP) is 20.4. The summed E-state index contributed by atoms with van der Waals surface area (Å²) in [6.07, 6.45) is 52.3. The summed E-state index contributed by atoms with van der Waals surface area (Å²) in [7, 11) is -3.38. The van der Waals surface area contributed by atoms with Gasteiger partial charge in [0.25, 0.3) is 0 Å². The summed E-state index contributed by atoms with van der Waals surface area (Å²) in [5.74, 6) is 11.4. The maximum absolute atomic E-state index is 13.4. The van der Waals surface area contributed by atoms with E-state index in [0.717, 1.165) is 81.2 Å². The van der Waals surface area contributed by atoms with Crippen molar-refractivity contribution in [2.45, 2.75) is 240 Å². The lowest BCUT2D eigenvalue weighted by Gasteiger charge is -2.58. The number of nitrogens with zero attached hydrogens (tertiary/aromatic N) is 1. The summed E-state index contributed by atoms with van der Waals surface area (Å²) >= 11 is 1.33. The quantitative estimate of drug-likeness (QED) is 0.196. The summed E-state index contributed by atoms with van der Waals surface area (Å²) in [6, 6.07) is 7.75. The summed E-state index contributed by atoms with van der Waals surface area (Å²) in [5, 5.41) is 0. The number of hydrogen-bond acceptors (Lipinski definition) is 4. The van der Waals surface area contributed by atoms with Crippen LogP contribution >= 0.6 is 11.3 Å². The van der Waals surface area contributed by atoms with Crippen molar-refractivity contribution in [2.24, 2.45) is 105 Å². The molecule has 0 amide bonds. The van der Waals surface area contributed by atoms with Crippen LogP contribution in [0.3, 0.4) is 0 Å². The van der Waals surface area contributed by atoms with Crippen molar-refractivity contribution in [1.82, 2.24) is 4.98 Å². The minimum atomic E-state index is -3.38. The maximum Gasteiger partial charge on any atom is 0.210 e. The van der Waals surface area contributed by atoms with Crippen LogP contribution in [-0.4, -0.2) is 19.2 Å². The largest absolute Gasteiger partial charge is 0.225 e. The minimum Gasteiger partial charge on any atom is -0.225 e. The van der Waals surface area contributed by atoms with E-state index in [1.54, 1.807) is 5.57 Å². The van der Waals surface area contributed by atoms with Crippen molar-refractivity contribution in [1.29, 1.82) is 0 Å². The van der Waals surface area contributed by atoms with Crippen LogP contribution in [0.1, 0.15) is 235 Å². The monoisotopic (exact) mass is 1060 g/mol. The Kier molecular flexibility index (Phi) is 17.4. The number of thiazole rings is 1. The maximum atomic E-state index is 13.4. The second kappa shape index (κ2) is 23.2. The van der Waals surface area contributed by atoms with Gasteiger partial charge in [-0.1, -0.05) is 160 Å². The van der Waals surface area contributed by atoms with Gasteiger partial charge in [0.1, 0.15) is 0 Å². The van der Waals surface area contributed by atoms with Crippen LogP contribution in [0.25, 0.3) is 10.2 Å². The molecule has 1 aromatic heterocycles. The third-order valence-corrected chi connectivity index (χ3v) is 28.4. The third kappa shape index (κ3) is 11.3. The second-order valence-corrected chi connectivity index (χ2v) is 32.6. The summed E-state index contributed by atoms with van der Waals surface area (Å²) in [5.41, 5.74) is 6.25. The standard InChI is InChI=1S/C31H50.C30H41NO2S2.C9H16/c1-22-17-19-30(3)25(21-22)13-14-26-28-16-15-27(31(28,4)20-18-29(26)30)23(2)11-12-24-9-7-5-6-8-10-24;1-19-13-15-29(3)21(17-19)9-10-22-24-12-11-23(30(24,4)16-14-25(22)29)20(2)18-35(32,33)28-31-26-7-5-6-8-27(26)34-28;1-2-9-7-5-3-4-6-8-9/h11-13,22-24,26-29H,5-10,14-21H2,1-4H3;5-9,19-20,22-25H,10-18H2,1-4H3;2,9H,1,3-8H2/b12-11+;;/t22-,23+,26-,27+,28-,29-,30-,31+;19-,20+,22-,23+,24-,25-,29-,30+;/m00./s1. The molecule has 10 aliphatic carbocycles. The van der Waals surface area contributed by atoms with E-state index in [0.29, 0.717) is 26.5 Å². The summed E-state index contributed by atoms with van der Waals surface area (Å²) in [4.78, 5) is 4.49. The fraction of sp³-hybridized carbons (Fsp3) is 0.786. The van der Waals surface area contributed by atoms with Crippen LogP contribution < -0.4 is 0 Å². The zero-order chi connectivity index (χ0) is 52.8.